The van der Waals surface area contributed by atoms with Gasteiger partial charge in [-0.15, -0.1) is 0 Å². The second-order valence-corrected chi connectivity index (χ2v) is 6.01. The number of hydrogen-bond donors (Lipinski definition) is 2. The topological polar surface area (TPSA) is 61.8 Å². The molecular weight excluding hydrogens is 324 g/mol. The van der Waals surface area contributed by atoms with Gasteiger partial charge in [0.1, 0.15) is 5.75 Å². The zero-order valence-electron chi connectivity index (χ0n) is 11.6. The minimum Gasteiger partial charge on any atom is -0.507 e. The molecule has 6 heteroatoms. The summed E-state index contributed by atoms with van der Waals surface area (Å²) in [5.41, 5.74) is 0.929. The fourth-order valence-electron chi connectivity index (χ4n) is 2.02. The summed E-state index contributed by atoms with van der Waals surface area (Å²) < 4.78 is 6.23. The third-order valence-corrected chi connectivity index (χ3v) is 3.69. The van der Waals surface area contributed by atoms with Crippen LogP contribution in [0.15, 0.2) is 22.7 Å². The smallest absolute Gasteiger partial charge is 0.317 e. The van der Waals surface area contributed by atoms with Gasteiger partial charge in [0.2, 0.25) is 0 Å². The summed E-state index contributed by atoms with van der Waals surface area (Å²) in [6.07, 6.45) is 0.350. The van der Waals surface area contributed by atoms with E-state index in [1.165, 1.54) is 0 Å². The quantitative estimate of drug-likeness (QED) is 0.883. The van der Waals surface area contributed by atoms with Crippen molar-refractivity contribution in [3.05, 3.63) is 28.2 Å². The van der Waals surface area contributed by atoms with E-state index in [4.69, 9.17) is 4.74 Å². The third kappa shape index (κ3) is 3.86. The molecule has 1 aliphatic heterocycles. The van der Waals surface area contributed by atoms with Gasteiger partial charge in [-0.05, 0) is 47.5 Å². The molecule has 5 nitrogen and oxygen atoms in total. The molecule has 0 unspecified atom stereocenters. The van der Waals surface area contributed by atoms with Crippen LogP contribution >= 0.6 is 15.9 Å². The number of nitrogens with zero attached hydrogens (tertiary/aromatic N) is 1. The zero-order valence-corrected chi connectivity index (χ0v) is 13.2. The second-order valence-electron chi connectivity index (χ2n) is 5.16. The summed E-state index contributed by atoms with van der Waals surface area (Å²) in [5, 5.41) is 12.3. The summed E-state index contributed by atoms with van der Waals surface area (Å²) >= 11 is 3.25. The van der Waals surface area contributed by atoms with Gasteiger partial charge in [0.15, 0.2) is 0 Å². The number of rotatable bonds is 4. The molecule has 2 N–H and O–H groups in total. The summed E-state index contributed by atoms with van der Waals surface area (Å²) in [6, 6.07) is 5.08. The van der Waals surface area contributed by atoms with Crippen molar-refractivity contribution < 1.29 is 14.6 Å². The largest absolute Gasteiger partial charge is 0.507 e. The predicted octanol–water partition coefficient (Wildman–Crippen LogP) is 2.47. The number of aromatic hydroxyl groups is 1. The van der Waals surface area contributed by atoms with E-state index < -0.39 is 0 Å². The highest BCUT2D eigenvalue weighted by Crippen LogP contribution is 2.24. The monoisotopic (exact) mass is 342 g/mol. The first kappa shape index (κ1) is 15.1. The Morgan fingerprint density at radius 3 is 2.85 bits per heavy atom. The number of halogens is 1. The molecule has 1 heterocycles. The number of urea groups is 1. The molecule has 1 fully saturated rings. The lowest BCUT2D eigenvalue weighted by Gasteiger charge is -2.39. The maximum atomic E-state index is 11.9. The SMILES string of the molecule is CC(C)OC1CN(C(=O)NCc2ccc(O)c(Br)c2)C1. The van der Waals surface area contributed by atoms with E-state index in [1.807, 2.05) is 13.8 Å². The van der Waals surface area contributed by atoms with Crippen LogP contribution in [0.2, 0.25) is 0 Å². The van der Waals surface area contributed by atoms with Crippen molar-refractivity contribution in [1.82, 2.24) is 10.2 Å². The van der Waals surface area contributed by atoms with Gasteiger partial charge in [0, 0.05) is 6.54 Å². The van der Waals surface area contributed by atoms with Gasteiger partial charge in [-0.1, -0.05) is 6.07 Å². The van der Waals surface area contributed by atoms with Crippen molar-refractivity contribution in [2.24, 2.45) is 0 Å². The van der Waals surface area contributed by atoms with Crippen molar-refractivity contribution in [2.45, 2.75) is 32.6 Å². The molecule has 0 radical (unpaired) electrons. The Hall–Kier alpha value is -1.27. The first-order valence-electron chi connectivity index (χ1n) is 6.61. The zero-order chi connectivity index (χ0) is 14.7. The molecule has 0 atom stereocenters. The highest BCUT2D eigenvalue weighted by Gasteiger charge is 2.31. The number of phenols is 1. The molecule has 1 aromatic rings. The number of amides is 2. The molecule has 0 bridgehead atoms. The lowest BCUT2D eigenvalue weighted by Crippen LogP contribution is -2.58. The lowest BCUT2D eigenvalue weighted by molar-refractivity contribution is -0.0641. The van der Waals surface area contributed by atoms with Crippen molar-refractivity contribution in [3.63, 3.8) is 0 Å². The standard InChI is InChI=1S/C14H19BrN2O3/c1-9(2)20-11-7-17(8-11)14(19)16-6-10-3-4-13(18)12(15)5-10/h3-5,9,11,18H,6-8H2,1-2H3,(H,16,19). The number of benzene rings is 1. The van der Waals surface area contributed by atoms with Crippen LogP contribution < -0.4 is 5.32 Å². The fourth-order valence-corrected chi connectivity index (χ4v) is 2.45. The molecule has 1 aromatic carbocycles. The van der Waals surface area contributed by atoms with Crippen molar-refractivity contribution in [2.75, 3.05) is 13.1 Å². The number of nitrogens with one attached hydrogen (secondary N) is 1. The van der Waals surface area contributed by atoms with Gasteiger partial charge in [-0.3, -0.25) is 0 Å². The molecule has 0 aliphatic carbocycles. The first-order chi connectivity index (χ1) is 9.45. The van der Waals surface area contributed by atoms with Gasteiger partial charge < -0.3 is 20.1 Å². The Morgan fingerprint density at radius 2 is 2.25 bits per heavy atom. The number of carbonyl (C=O) groups excluding carboxylic acids is 1. The van der Waals surface area contributed by atoms with Gasteiger partial charge >= 0.3 is 6.03 Å². The fraction of sp³-hybridized carbons (Fsp3) is 0.500. The molecule has 0 saturated carbocycles. The average Bonchev–Trinajstić information content (AvgIpc) is 2.34. The van der Waals surface area contributed by atoms with E-state index in [2.05, 4.69) is 21.2 Å². The molecule has 110 valence electrons. The van der Waals surface area contributed by atoms with E-state index in [1.54, 1.807) is 23.1 Å². The summed E-state index contributed by atoms with van der Waals surface area (Å²) in [5.74, 6) is 0.191. The molecule has 1 aliphatic rings. The Morgan fingerprint density at radius 1 is 1.55 bits per heavy atom. The maximum absolute atomic E-state index is 11.9. The van der Waals surface area contributed by atoms with Crippen LogP contribution in [0, 0.1) is 0 Å². The van der Waals surface area contributed by atoms with E-state index in [0.717, 1.165) is 5.56 Å². The molecule has 2 rings (SSSR count). The van der Waals surface area contributed by atoms with Gasteiger partial charge in [-0.25, -0.2) is 4.79 Å². The van der Waals surface area contributed by atoms with Gasteiger partial charge in [-0.2, -0.15) is 0 Å². The van der Waals surface area contributed by atoms with Crippen molar-refractivity contribution in [1.29, 1.82) is 0 Å². The molecule has 20 heavy (non-hydrogen) atoms. The number of likely N-dealkylation sites (tertiary alicyclic amines) is 1. The van der Waals surface area contributed by atoms with E-state index in [0.29, 0.717) is 24.1 Å². The number of ether oxygens (including phenoxy) is 1. The molecule has 2 amide bonds. The minimum absolute atomic E-state index is 0.0854. The van der Waals surface area contributed by atoms with Crippen molar-refractivity contribution in [3.8, 4) is 5.75 Å². The average molecular weight is 343 g/mol. The van der Waals surface area contributed by atoms with Gasteiger partial charge in [0.05, 0.1) is 29.8 Å². The number of carbonyl (C=O) groups is 1. The highest BCUT2D eigenvalue weighted by molar-refractivity contribution is 9.10. The predicted molar refractivity (Wildman–Crippen MR) is 79.6 cm³/mol. The van der Waals surface area contributed by atoms with Crippen LogP contribution in [0.25, 0.3) is 0 Å². The molecule has 0 aromatic heterocycles. The Labute approximate surface area is 127 Å². The normalized spacial score (nSPS) is 15.3. The molecular formula is C14H19BrN2O3. The Bertz CT molecular complexity index is 487. The maximum Gasteiger partial charge on any atom is 0.317 e. The van der Waals surface area contributed by atoms with E-state index in [-0.39, 0.29) is 24.0 Å². The number of hydrogen-bond acceptors (Lipinski definition) is 3. The van der Waals surface area contributed by atoms with Crippen LogP contribution in [0.4, 0.5) is 4.79 Å². The highest BCUT2D eigenvalue weighted by atomic mass is 79.9. The first-order valence-corrected chi connectivity index (χ1v) is 7.40. The van der Waals surface area contributed by atoms with E-state index in [9.17, 15) is 9.90 Å². The summed E-state index contributed by atoms with van der Waals surface area (Å²) in [6.45, 7) is 5.70. The van der Waals surface area contributed by atoms with E-state index >= 15 is 0 Å². The van der Waals surface area contributed by atoms with Crippen molar-refractivity contribution >= 4 is 22.0 Å². The minimum atomic E-state index is -0.0854. The van der Waals surface area contributed by atoms with Crippen LogP contribution in [-0.4, -0.2) is 41.3 Å². The summed E-state index contributed by atoms with van der Waals surface area (Å²) in [7, 11) is 0. The van der Waals surface area contributed by atoms with Crippen LogP contribution in [0.1, 0.15) is 19.4 Å². The Kier molecular flexibility index (Phi) is 4.88. The van der Waals surface area contributed by atoms with Crippen LogP contribution in [0.3, 0.4) is 0 Å². The third-order valence-electron chi connectivity index (χ3n) is 3.06. The Balaban J connectivity index is 1.75. The second kappa shape index (κ2) is 6.45. The molecule has 1 saturated heterocycles. The summed E-state index contributed by atoms with van der Waals surface area (Å²) in [4.78, 5) is 13.6. The molecule has 0 spiro atoms. The van der Waals surface area contributed by atoms with Crippen LogP contribution in [0.5, 0.6) is 5.75 Å². The number of phenolic OH excluding ortho intramolecular Hbond substituents is 1. The van der Waals surface area contributed by atoms with Gasteiger partial charge in [0.25, 0.3) is 0 Å². The van der Waals surface area contributed by atoms with Crippen LogP contribution in [-0.2, 0) is 11.3 Å². The lowest BCUT2D eigenvalue weighted by atomic mass is 10.1.